The number of amides is 1. The minimum atomic E-state index is -0.573. The average molecular weight is 420 g/mol. The normalized spacial score (nSPS) is 17.1. The minimum absolute atomic E-state index is 0.166. The smallest absolute Gasteiger partial charge is 0.271 e. The number of hydrogen-bond acceptors (Lipinski definition) is 6. The summed E-state index contributed by atoms with van der Waals surface area (Å²) in [4.78, 5) is 27.1. The maximum Gasteiger partial charge on any atom is 0.271 e. The highest BCUT2D eigenvalue weighted by Gasteiger charge is 2.25. The van der Waals surface area contributed by atoms with Crippen LogP contribution in [0.1, 0.15) is 5.56 Å². The number of carbonyl (C=O) groups is 1. The number of thioether (sulfide) groups is 1. The van der Waals surface area contributed by atoms with Crippen molar-refractivity contribution < 1.29 is 14.8 Å². The van der Waals surface area contributed by atoms with Crippen molar-refractivity contribution in [2.24, 2.45) is 4.99 Å². The molecular weight excluding hydrogens is 410 g/mol. The molecule has 0 saturated carbocycles. The van der Waals surface area contributed by atoms with Crippen molar-refractivity contribution in [3.05, 3.63) is 67.5 Å². The Morgan fingerprint density at radius 3 is 2.68 bits per heavy atom. The third kappa shape index (κ3) is 3.89. The van der Waals surface area contributed by atoms with Gasteiger partial charge in [0.25, 0.3) is 11.6 Å². The zero-order chi connectivity index (χ0) is 18.0. The number of nitrogens with one attached hydrogen (secondary N) is 1. The topological polar surface area (TPSA) is 105 Å². The van der Waals surface area contributed by atoms with E-state index in [2.05, 4.69) is 26.2 Å². The van der Waals surface area contributed by atoms with Crippen molar-refractivity contribution in [1.82, 2.24) is 5.32 Å². The van der Waals surface area contributed by atoms with Crippen LogP contribution in [0.4, 0.5) is 11.4 Å². The molecule has 0 atom stereocenters. The molecule has 126 valence electrons. The second-order valence-electron chi connectivity index (χ2n) is 4.94. The summed E-state index contributed by atoms with van der Waals surface area (Å²) in [6, 6.07) is 11.5. The number of amidine groups is 1. The molecule has 1 aliphatic rings. The van der Waals surface area contributed by atoms with Gasteiger partial charge in [0.05, 0.1) is 20.0 Å². The van der Waals surface area contributed by atoms with Crippen molar-refractivity contribution in [3.63, 3.8) is 0 Å². The van der Waals surface area contributed by atoms with Gasteiger partial charge >= 0.3 is 0 Å². The fraction of sp³-hybridized carbons (Fsp3) is 0. The predicted molar refractivity (Wildman–Crippen MR) is 99.7 cm³/mol. The Morgan fingerprint density at radius 1 is 1.28 bits per heavy atom. The molecule has 2 aromatic rings. The molecule has 25 heavy (non-hydrogen) atoms. The number of rotatable bonds is 3. The Labute approximate surface area is 154 Å². The summed E-state index contributed by atoms with van der Waals surface area (Å²) in [7, 11) is 0. The van der Waals surface area contributed by atoms with E-state index in [0.29, 0.717) is 10.9 Å². The number of hydrogen-bond donors (Lipinski definition) is 2. The first kappa shape index (κ1) is 17.2. The van der Waals surface area contributed by atoms with Gasteiger partial charge in [0, 0.05) is 17.7 Å². The number of carbonyl (C=O) groups excluding carboxylic acids is 1. The van der Waals surface area contributed by atoms with Crippen molar-refractivity contribution in [2.75, 3.05) is 0 Å². The molecule has 1 aliphatic heterocycles. The molecule has 0 radical (unpaired) electrons. The Bertz CT molecular complexity index is 928. The second-order valence-corrected chi connectivity index (χ2v) is 6.82. The van der Waals surface area contributed by atoms with Gasteiger partial charge in [0.15, 0.2) is 5.17 Å². The fourth-order valence-corrected chi connectivity index (χ4v) is 3.36. The highest BCUT2D eigenvalue weighted by atomic mass is 79.9. The first-order valence-corrected chi connectivity index (χ1v) is 8.56. The van der Waals surface area contributed by atoms with Gasteiger partial charge in [-0.25, -0.2) is 4.99 Å². The molecule has 0 aliphatic carbocycles. The van der Waals surface area contributed by atoms with Crippen LogP contribution >= 0.6 is 27.7 Å². The van der Waals surface area contributed by atoms with E-state index < -0.39 is 4.92 Å². The van der Waals surface area contributed by atoms with Crippen molar-refractivity contribution in [2.45, 2.75) is 0 Å². The number of nitro groups is 1. The standard InChI is InChI=1S/C16H10BrN3O4S/c17-12-8-11(20(23)24)6-9(14(12)21)7-13-15(22)19-16(25-13)18-10-4-2-1-3-5-10/h1-8,21H,(H,18,19,22). The van der Waals surface area contributed by atoms with Gasteiger partial charge in [-0.2, -0.15) is 0 Å². The molecule has 2 aromatic carbocycles. The van der Waals surface area contributed by atoms with E-state index >= 15 is 0 Å². The van der Waals surface area contributed by atoms with Gasteiger partial charge in [-0.1, -0.05) is 18.2 Å². The third-order valence-electron chi connectivity index (χ3n) is 3.21. The number of phenolic OH excluding ortho intramolecular Hbond substituents is 1. The molecule has 0 unspecified atom stereocenters. The van der Waals surface area contributed by atoms with Gasteiger partial charge in [-0.15, -0.1) is 0 Å². The zero-order valence-corrected chi connectivity index (χ0v) is 14.9. The van der Waals surface area contributed by atoms with Gasteiger partial charge in [0.1, 0.15) is 5.75 Å². The summed E-state index contributed by atoms with van der Waals surface area (Å²) >= 11 is 4.16. The maximum atomic E-state index is 12.1. The molecule has 0 spiro atoms. The van der Waals surface area contributed by atoms with Crippen LogP contribution in [0.2, 0.25) is 0 Å². The largest absolute Gasteiger partial charge is 0.506 e. The molecule has 1 fully saturated rings. The Balaban J connectivity index is 1.93. The van der Waals surface area contributed by atoms with Crippen LogP contribution in [-0.4, -0.2) is 21.1 Å². The SMILES string of the molecule is O=C1NC(=Nc2ccccc2)SC1=Cc1cc([N+](=O)[O-])cc(Br)c1O. The number of nitrogens with zero attached hydrogens (tertiary/aromatic N) is 2. The van der Waals surface area contributed by atoms with Crippen LogP contribution in [-0.2, 0) is 4.79 Å². The first-order chi connectivity index (χ1) is 11.9. The maximum absolute atomic E-state index is 12.1. The fourth-order valence-electron chi connectivity index (χ4n) is 2.06. The van der Waals surface area contributed by atoms with Gasteiger partial charge in [-0.05, 0) is 45.9 Å². The predicted octanol–water partition coefficient (Wildman–Crippen LogP) is 3.95. The lowest BCUT2D eigenvalue weighted by Gasteiger charge is -2.03. The summed E-state index contributed by atoms with van der Waals surface area (Å²) in [5.41, 5.74) is 0.658. The number of halogens is 1. The Hall–Kier alpha value is -2.65. The molecule has 1 amide bonds. The van der Waals surface area contributed by atoms with E-state index in [4.69, 9.17) is 0 Å². The van der Waals surface area contributed by atoms with Crippen molar-refractivity contribution in [3.8, 4) is 5.75 Å². The lowest BCUT2D eigenvalue weighted by molar-refractivity contribution is -0.385. The van der Waals surface area contributed by atoms with E-state index in [0.717, 1.165) is 11.8 Å². The summed E-state index contributed by atoms with van der Waals surface area (Å²) in [6.45, 7) is 0. The van der Waals surface area contributed by atoms with E-state index in [-0.39, 0.29) is 32.3 Å². The van der Waals surface area contributed by atoms with Crippen LogP contribution in [0.15, 0.2) is 56.8 Å². The molecule has 2 N–H and O–H groups in total. The number of para-hydroxylation sites is 1. The van der Waals surface area contributed by atoms with Crippen LogP contribution in [0, 0.1) is 10.1 Å². The molecular formula is C16H10BrN3O4S. The first-order valence-electron chi connectivity index (χ1n) is 6.95. The average Bonchev–Trinajstić information content (AvgIpc) is 2.91. The molecule has 7 nitrogen and oxygen atoms in total. The monoisotopic (exact) mass is 419 g/mol. The van der Waals surface area contributed by atoms with Crippen LogP contribution in [0.25, 0.3) is 6.08 Å². The molecule has 9 heteroatoms. The zero-order valence-electron chi connectivity index (χ0n) is 12.5. The van der Waals surface area contributed by atoms with Gasteiger partial charge < -0.3 is 10.4 Å². The van der Waals surface area contributed by atoms with E-state index in [1.54, 1.807) is 12.1 Å². The number of aliphatic imine (C=N–C) groups is 1. The van der Waals surface area contributed by atoms with E-state index in [1.807, 2.05) is 18.2 Å². The Kier molecular flexibility index (Phi) is 4.86. The Morgan fingerprint density at radius 2 is 2.00 bits per heavy atom. The number of nitro benzene ring substituents is 1. The molecule has 1 heterocycles. The lowest BCUT2D eigenvalue weighted by atomic mass is 10.1. The third-order valence-corrected chi connectivity index (χ3v) is 4.73. The second kappa shape index (κ2) is 7.08. The van der Waals surface area contributed by atoms with Gasteiger partial charge in [0.2, 0.25) is 0 Å². The quantitative estimate of drug-likeness (QED) is 0.445. The van der Waals surface area contributed by atoms with E-state index in [9.17, 15) is 20.0 Å². The number of benzene rings is 2. The summed E-state index contributed by atoms with van der Waals surface area (Å²) < 4.78 is 0.176. The molecule has 0 aromatic heterocycles. The van der Waals surface area contributed by atoms with Crippen LogP contribution in [0.5, 0.6) is 5.75 Å². The highest BCUT2D eigenvalue weighted by molar-refractivity contribution is 9.10. The van der Waals surface area contributed by atoms with Crippen LogP contribution in [0.3, 0.4) is 0 Å². The summed E-state index contributed by atoms with van der Waals surface area (Å²) in [5, 5.41) is 24.0. The summed E-state index contributed by atoms with van der Waals surface area (Å²) in [6.07, 6.45) is 1.39. The number of phenols is 1. The molecule has 0 bridgehead atoms. The molecule has 1 saturated heterocycles. The van der Waals surface area contributed by atoms with Crippen LogP contribution < -0.4 is 5.32 Å². The van der Waals surface area contributed by atoms with Crippen molar-refractivity contribution >= 4 is 56.2 Å². The van der Waals surface area contributed by atoms with E-state index in [1.165, 1.54) is 18.2 Å². The number of aromatic hydroxyl groups is 1. The molecule has 3 rings (SSSR count). The minimum Gasteiger partial charge on any atom is -0.506 e. The van der Waals surface area contributed by atoms with Crippen molar-refractivity contribution in [1.29, 1.82) is 0 Å². The lowest BCUT2D eigenvalue weighted by Crippen LogP contribution is -2.19. The van der Waals surface area contributed by atoms with Gasteiger partial charge in [-0.3, -0.25) is 14.9 Å². The number of non-ortho nitro benzene ring substituents is 1. The summed E-state index contributed by atoms with van der Waals surface area (Å²) in [5.74, 6) is -0.568. The highest BCUT2D eigenvalue weighted by Crippen LogP contribution is 2.36.